The van der Waals surface area contributed by atoms with E-state index in [1.54, 1.807) is 30.3 Å². The Morgan fingerprint density at radius 1 is 1.24 bits per heavy atom. The summed E-state index contributed by atoms with van der Waals surface area (Å²) in [7, 11) is -3.88. The van der Waals surface area contributed by atoms with Crippen LogP contribution < -0.4 is 20.3 Å². The maximum Gasteiger partial charge on any atom is 0.350 e. The van der Waals surface area contributed by atoms with Crippen molar-refractivity contribution in [3.63, 3.8) is 0 Å². The van der Waals surface area contributed by atoms with Crippen LogP contribution in [-0.4, -0.2) is 52.0 Å². The molecule has 1 aliphatic heterocycles. The molecule has 0 saturated carbocycles. The van der Waals surface area contributed by atoms with E-state index >= 15 is 0 Å². The van der Waals surface area contributed by atoms with Crippen molar-refractivity contribution in [3.05, 3.63) is 93.4 Å². The second kappa shape index (κ2) is 10.1. The third-order valence-electron chi connectivity index (χ3n) is 5.75. The Morgan fingerprint density at radius 2 is 1.97 bits per heavy atom. The number of aromatic nitrogens is 5. The Kier molecular flexibility index (Phi) is 6.65. The molecule has 1 aliphatic rings. The molecule has 2 aromatic carbocycles. The molecule has 38 heavy (non-hydrogen) atoms. The molecule has 0 saturated heterocycles. The molecule has 196 valence electrons. The summed E-state index contributed by atoms with van der Waals surface area (Å²) < 4.78 is 41.3. The molecule has 0 aliphatic carbocycles. The van der Waals surface area contributed by atoms with E-state index in [0.717, 1.165) is 16.5 Å². The lowest BCUT2D eigenvalue weighted by Gasteiger charge is -2.23. The highest BCUT2D eigenvalue weighted by Gasteiger charge is 2.27. The minimum Gasteiger partial charge on any atom is -0.463 e. The third kappa shape index (κ3) is 5.40. The quantitative estimate of drug-likeness (QED) is 0.167. The van der Waals surface area contributed by atoms with Crippen molar-refractivity contribution in [2.24, 2.45) is 5.73 Å². The zero-order valence-electron chi connectivity index (χ0n) is 20.1. The molecular formula is C24H23N7O6S. The molecule has 4 N–H and O–H groups in total. The molecular weight excluding hydrogens is 514 g/mol. The van der Waals surface area contributed by atoms with Crippen molar-refractivity contribution in [1.29, 1.82) is 5.41 Å². The van der Waals surface area contributed by atoms with Gasteiger partial charge in [-0.3, -0.25) is 10.4 Å². The van der Waals surface area contributed by atoms with Crippen LogP contribution in [0, 0.1) is 5.41 Å². The zero-order chi connectivity index (χ0) is 26.9. The number of nitrogens with two attached hydrogens (primary N) is 1. The molecule has 0 bridgehead atoms. The van der Waals surface area contributed by atoms with Gasteiger partial charge in [-0.05, 0) is 35.7 Å². The highest BCUT2D eigenvalue weighted by molar-refractivity contribution is 7.86. The van der Waals surface area contributed by atoms with Crippen LogP contribution in [0.25, 0.3) is 5.95 Å². The number of ether oxygens (including phenoxy) is 2. The second-order valence-electron chi connectivity index (χ2n) is 8.55. The maximum absolute atomic E-state index is 12.8. The number of fused-ring (bicyclic) bond motifs is 1. The van der Waals surface area contributed by atoms with Crippen molar-refractivity contribution in [1.82, 2.24) is 24.7 Å². The van der Waals surface area contributed by atoms with Crippen molar-refractivity contribution >= 4 is 16.0 Å². The van der Waals surface area contributed by atoms with Crippen LogP contribution in [0.3, 0.4) is 0 Å². The van der Waals surface area contributed by atoms with Crippen LogP contribution in [0.2, 0.25) is 0 Å². The van der Waals surface area contributed by atoms with Crippen molar-refractivity contribution in [3.8, 4) is 17.4 Å². The van der Waals surface area contributed by atoms with Gasteiger partial charge in [0.2, 0.25) is 0 Å². The van der Waals surface area contributed by atoms with Gasteiger partial charge in [0.25, 0.3) is 5.95 Å². The standard InChI is InChI=1S/C24H23N7O6S/c1-38(33,34)37-19-11-16(10-17-12-35-13-36-20(17)19)18(9-14-3-5-15(6-4-14)21(25)26)22-29-24(32)31(30-22)23-27-7-2-8-28-23/h2-8,10-11,18H,9,12-13H2,1H3,(H3,25,26)(H,29,30,32). The zero-order valence-corrected chi connectivity index (χ0v) is 20.9. The number of nitrogens with one attached hydrogen (secondary N) is 2. The topological polar surface area (TPSA) is 188 Å². The van der Waals surface area contributed by atoms with Gasteiger partial charge in [0.05, 0.1) is 12.9 Å². The molecule has 2 aromatic heterocycles. The summed E-state index contributed by atoms with van der Waals surface area (Å²) >= 11 is 0. The Morgan fingerprint density at radius 3 is 2.66 bits per heavy atom. The Labute approximate surface area is 216 Å². The van der Waals surface area contributed by atoms with Gasteiger partial charge >= 0.3 is 15.8 Å². The van der Waals surface area contributed by atoms with Crippen LogP contribution in [0.15, 0.2) is 59.7 Å². The highest BCUT2D eigenvalue weighted by Crippen LogP contribution is 2.40. The maximum atomic E-state index is 12.8. The largest absolute Gasteiger partial charge is 0.463 e. The normalized spacial score (nSPS) is 13.8. The predicted octanol–water partition coefficient (Wildman–Crippen LogP) is 1.21. The SMILES string of the molecule is CS(=O)(=O)Oc1cc(C(Cc2ccc(C(=N)N)cc2)c2nn(-c3ncccn3)c(=O)[nH]2)cc2c1OCOC2. The summed E-state index contributed by atoms with van der Waals surface area (Å²) in [5.74, 6) is 0.0419. The fourth-order valence-corrected chi connectivity index (χ4v) is 4.55. The second-order valence-corrected chi connectivity index (χ2v) is 10.1. The lowest BCUT2D eigenvalue weighted by atomic mass is 9.89. The van der Waals surface area contributed by atoms with E-state index in [4.69, 9.17) is 24.8 Å². The molecule has 0 radical (unpaired) electrons. The fraction of sp³-hybridized carbons (Fsp3) is 0.208. The van der Waals surface area contributed by atoms with Crippen LogP contribution in [-0.2, 0) is 27.9 Å². The number of H-pyrrole nitrogens is 1. The molecule has 3 heterocycles. The van der Waals surface area contributed by atoms with E-state index in [2.05, 4.69) is 20.1 Å². The first-order valence-corrected chi connectivity index (χ1v) is 13.2. The first kappa shape index (κ1) is 25.1. The van der Waals surface area contributed by atoms with Gasteiger partial charge in [-0.1, -0.05) is 24.3 Å². The van der Waals surface area contributed by atoms with Gasteiger partial charge in [0.1, 0.15) is 11.7 Å². The van der Waals surface area contributed by atoms with Crippen molar-refractivity contribution in [2.45, 2.75) is 18.9 Å². The molecule has 1 unspecified atom stereocenters. The summed E-state index contributed by atoms with van der Waals surface area (Å²) in [6, 6.07) is 12.1. The molecule has 4 aromatic rings. The number of amidine groups is 1. The van der Waals surface area contributed by atoms with Gasteiger partial charge in [-0.2, -0.15) is 8.42 Å². The molecule has 13 nitrogen and oxygen atoms in total. The van der Waals surface area contributed by atoms with Gasteiger partial charge in [-0.15, -0.1) is 9.78 Å². The van der Waals surface area contributed by atoms with E-state index in [-0.39, 0.29) is 36.7 Å². The summed E-state index contributed by atoms with van der Waals surface area (Å²) in [4.78, 5) is 23.8. The average molecular weight is 538 g/mol. The number of nitrogen functional groups attached to an aromatic ring is 1. The Bertz CT molecular complexity index is 1650. The molecule has 0 amide bonds. The number of benzene rings is 2. The van der Waals surface area contributed by atoms with Crippen molar-refractivity contribution in [2.75, 3.05) is 13.0 Å². The van der Waals surface area contributed by atoms with Crippen LogP contribution >= 0.6 is 0 Å². The molecule has 0 fully saturated rings. The summed E-state index contributed by atoms with van der Waals surface area (Å²) in [6.07, 6.45) is 4.28. The van der Waals surface area contributed by atoms with Crippen LogP contribution in [0.1, 0.15) is 34.0 Å². The number of rotatable bonds is 8. The van der Waals surface area contributed by atoms with E-state index in [1.165, 1.54) is 12.4 Å². The monoisotopic (exact) mass is 537 g/mol. The predicted molar refractivity (Wildman–Crippen MR) is 135 cm³/mol. The first-order chi connectivity index (χ1) is 18.2. The van der Waals surface area contributed by atoms with Gasteiger partial charge < -0.3 is 19.4 Å². The first-order valence-electron chi connectivity index (χ1n) is 11.3. The average Bonchev–Trinajstić information content (AvgIpc) is 3.28. The van der Waals surface area contributed by atoms with Crippen LogP contribution in [0.5, 0.6) is 11.5 Å². The summed E-state index contributed by atoms with van der Waals surface area (Å²) in [6.45, 7) is 0.124. The molecule has 1 atom stereocenters. The Balaban J connectivity index is 1.63. The fourth-order valence-electron chi connectivity index (χ4n) is 4.10. The lowest BCUT2D eigenvalue weighted by Crippen LogP contribution is -2.18. The van der Waals surface area contributed by atoms with Crippen LogP contribution in [0.4, 0.5) is 0 Å². The highest BCUT2D eigenvalue weighted by atomic mass is 32.2. The van der Waals surface area contributed by atoms with Gasteiger partial charge in [-0.25, -0.2) is 14.8 Å². The van der Waals surface area contributed by atoms with E-state index < -0.39 is 21.7 Å². The minimum atomic E-state index is -3.88. The lowest BCUT2D eigenvalue weighted by molar-refractivity contribution is -0.0174. The smallest absolute Gasteiger partial charge is 0.350 e. The van der Waals surface area contributed by atoms with E-state index in [9.17, 15) is 13.2 Å². The Hall–Kier alpha value is -4.56. The number of aromatic amines is 1. The molecule has 14 heteroatoms. The molecule has 0 spiro atoms. The van der Waals surface area contributed by atoms with E-state index in [1.807, 2.05) is 12.1 Å². The minimum absolute atomic E-state index is 0.00778. The number of nitrogens with zero attached hydrogens (tertiary/aromatic N) is 4. The van der Waals surface area contributed by atoms with E-state index in [0.29, 0.717) is 28.9 Å². The van der Waals surface area contributed by atoms with Gasteiger partial charge in [0, 0.05) is 29.4 Å². The number of hydrogen-bond acceptors (Lipinski definition) is 10. The van der Waals surface area contributed by atoms with Gasteiger partial charge in [0.15, 0.2) is 18.3 Å². The summed E-state index contributed by atoms with van der Waals surface area (Å²) in [5, 5.41) is 12.1. The number of hydrogen-bond donors (Lipinski definition) is 3. The molecule has 5 rings (SSSR count). The third-order valence-corrected chi connectivity index (χ3v) is 6.24. The summed E-state index contributed by atoms with van der Waals surface area (Å²) in [5.41, 5.74) is 7.64. The van der Waals surface area contributed by atoms with Crippen molar-refractivity contribution < 1.29 is 22.1 Å².